The number of aromatic nitrogens is 2. The molecule has 0 saturated heterocycles. The standard InChI is InChI=1S/C23H23N3O2/c1-16-22(17(2)26(25-16)15-19-8-5-4-6-9-19)12-13-23(28)20-10-7-11-21(14-20)24-18(3)27/h4-14H,15H2,1-3H3,(H,24,27)/b13-12+. The van der Waals surface area contributed by atoms with Crippen LogP contribution in [0.15, 0.2) is 60.7 Å². The van der Waals surface area contributed by atoms with Crippen molar-refractivity contribution in [2.24, 2.45) is 0 Å². The number of hydrogen-bond donors (Lipinski definition) is 1. The summed E-state index contributed by atoms with van der Waals surface area (Å²) in [6.45, 7) is 6.07. The van der Waals surface area contributed by atoms with E-state index in [2.05, 4.69) is 22.5 Å². The third-order valence-corrected chi connectivity index (χ3v) is 4.48. The van der Waals surface area contributed by atoms with Crippen LogP contribution in [0.2, 0.25) is 0 Å². The van der Waals surface area contributed by atoms with Crippen molar-refractivity contribution in [3.05, 3.63) is 88.8 Å². The van der Waals surface area contributed by atoms with Gasteiger partial charge in [0, 0.05) is 29.4 Å². The average Bonchev–Trinajstić information content (AvgIpc) is 2.93. The third kappa shape index (κ3) is 4.62. The molecule has 1 amide bonds. The van der Waals surface area contributed by atoms with Crippen LogP contribution < -0.4 is 5.32 Å². The molecule has 1 N–H and O–H groups in total. The average molecular weight is 373 g/mol. The van der Waals surface area contributed by atoms with Gasteiger partial charge in [0.15, 0.2) is 5.78 Å². The highest BCUT2D eigenvalue weighted by Crippen LogP contribution is 2.18. The fraction of sp³-hybridized carbons (Fsp3) is 0.174. The first kappa shape index (κ1) is 19.3. The van der Waals surface area contributed by atoms with Gasteiger partial charge in [-0.15, -0.1) is 0 Å². The summed E-state index contributed by atoms with van der Waals surface area (Å²) in [6, 6.07) is 17.1. The fourth-order valence-corrected chi connectivity index (χ4v) is 3.07. The zero-order valence-corrected chi connectivity index (χ0v) is 16.3. The van der Waals surface area contributed by atoms with Gasteiger partial charge in [-0.25, -0.2) is 0 Å². The summed E-state index contributed by atoms with van der Waals surface area (Å²) in [5.41, 5.74) is 5.14. The smallest absolute Gasteiger partial charge is 0.221 e. The number of carbonyl (C=O) groups excluding carboxylic acids is 2. The zero-order valence-electron chi connectivity index (χ0n) is 16.3. The molecule has 0 bridgehead atoms. The topological polar surface area (TPSA) is 64.0 Å². The highest BCUT2D eigenvalue weighted by atomic mass is 16.1. The summed E-state index contributed by atoms with van der Waals surface area (Å²) in [5.74, 6) is -0.293. The van der Waals surface area contributed by atoms with Gasteiger partial charge in [0.25, 0.3) is 0 Å². The Morgan fingerprint density at radius 2 is 1.82 bits per heavy atom. The quantitative estimate of drug-likeness (QED) is 0.514. The number of hydrogen-bond acceptors (Lipinski definition) is 3. The molecule has 0 radical (unpaired) electrons. The fourth-order valence-electron chi connectivity index (χ4n) is 3.07. The second kappa shape index (κ2) is 8.48. The van der Waals surface area contributed by atoms with Gasteiger partial charge in [0.1, 0.15) is 0 Å². The van der Waals surface area contributed by atoms with Crippen LogP contribution in [-0.4, -0.2) is 21.5 Å². The first-order chi connectivity index (χ1) is 13.4. The lowest BCUT2D eigenvalue weighted by Gasteiger charge is -2.05. The molecular formula is C23H23N3O2. The van der Waals surface area contributed by atoms with E-state index in [9.17, 15) is 9.59 Å². The van der Waals surface area contributed by atoms with Crippen molar-refractivity contribution < 1.29 is 9.59 Å². The summed E-state index contributed by atoms with van der Waals surface area (Å²) in [6.07, 6.45) is 3.36. The number of nitrogens with one attached hydrogen (secondary N) is 1. The molecule has 1 aromatic heterocycles. The molecule has 0 aliphatic rings. The highest BCUT2D eigenvalue weighted by Gasteiger charge is 2.10. The molecule has 0 aliphatic heterocycles. The molecule has 3 rings (SSSR count). The predicted octanol–water partition coefficient (Wildman–Crippen LogP) is 4.40. The Hall–Kier alpha value is -3.47. The number of ketones is 1. The Labute approximate surface area is 164 Å². The van der Waals surface area contributed by atoms with Gasteiger partial charge in [0.2, 0.25) is 5.91 Å². The van der Waals surface area contributed by atoms with Crippen LogP contribution in [0, 0.1) is 13.8 Å². The summed E-state index contributed by atoms with van der Waals surface area (Å²) in [5, 5.41) is 7.30. The normalized spacial score (nSPS) is 11.0. The molecule has 0 spiro atoms. The molecule has 1 heterocycles. The van der Waals surface area contributed by atoms with Gasteiger partial charge in [-0.05, 0) is 43.7 Å². The van der Waals surface area contributed by atoms with Crippen molar-refractivity contribution in [1.82, 2.24) is 9.78 Å². The Morgan fingerprint density at radius 1 is 1.07 bits per heavy atom. The van der Waals surface area contributed by atoms with E-state index in [1.807, 2.05) is 42.8 Å². The van der Waals surface area contributed by atoms with E-state index in [1.54, 1.807) is 30.3 Å². The number of nitrogens with zero attached hydrogens (tertiary/aromatic N) is 2. The number of amides is 1. The SMILES string of the molecule is CC(=O)Nc1cccc(C(=O)/C=C/c2c(C)nn(Cc3ccccc3)c2C)c1. The summed E-state index contributed by atoms with van der Waals surface area (Å²) < 4.78 is 1.95. The molecule has 0 atom stereocenters. The Balaban J connectivity index is 1.79. The van der Waals surface area contributed by atoms with Crippen LogP contribution in [0.3, 0.4) is 0 Å². The predicted molar refractivity (Wildman–Crippen MR) is 111 cm³/mol. The van der Waals surface area contributed by atoms with Crippen molar-refractivity contribution in [2.75, 3.05) is 5.32 Å². The second-order valence-corrected chi connectivity index (χ2v) is 6.69. The van der Waals surface area contributed by atoms with Gasteiger partial charge in [-0.1, -0.05) is 42.5 Å². The minimum absolute atomic E-state index is 0.123. The van der Waals surface area contributed by atoms with E-state index >= 15 is 0 Å². The Morgan fingerprint density at radius 3 is 2.54 bits per heavy atom. The van der Waals surface area contributed by atoms with Crippen molar-refractivity contribution in [2.45, 2.75) is 27.3 Å². The first-order valence-corrected chi connectivity index (χ1v) is 9.12. The van der Waals surface area contributed by atoms with E-state index in [4.69, 9.17) is 0 Å². The lowest BCUT2D eigenvalue weighted by atomic mass is 10.1. The minimum Gasteiger partial charge on any atom is -0.326 e. The largest absolute Gasteiger partial charge is 0.326 e. The van der Waals surface area contributed by atoms with Crippen molar-refractivity contribution in [1.29, 1.82) is 0 Å². The summed E-state index contributed by atoms with van der Waals surface area (Å²) >= 11 is 0. The summed E-state index contributed by atoms with van der Waals surface area (Å²) in [4.78, 5) is 23.7. The van der Waals surface area contributed by atoms with Gasteiger partial charge >= 0.3 is 0 Å². The zero-order chi connectivity index (χ0) is 20.1. The van der Waals surface area contributed by atoms with Crippen molar-refractivity contribution >= 4 is 23.5 Å². The van der Waals surface area contributed by atoms with Gasteiger partial charge in [0.05, 0.1) is 12.2 Å². The van der Waals surface area contributed by atoms with Gasteiger partial charge in [-0.3, -0.25) is 14.3 Å². The van der Waals surface area contributed by atoms with Crippen LogP contribution in [0.5, 0.6) is 0 Å². The van der Waals surface area contributed by atoms with E-state index in [0.29, 0.717) is 17.8 Å². The van der Waals surface area contributed by atoms with E-state index < -0.39 is 0 Å². The number of benzene rings is 2. The molecule has 0 aliphatic carbocycles. The molecular weight excluding hydrogens is 350 g/mol. The van der Waals surface area contributed by atoms with Crippen LogP contribution in [0.4, 0.5) is 5.69 Å². The maximum absolute atomic E-state index is 12.5. The summed E-state index contributed by atoms with van der Waals surface area (Å²) in [7, 11) is 0. The first-order valence-electron chi connectivity index (χ1n) is 9.12. The molecule has 3 aromatic rings. The van der Waals surface area contributed by atoms with Gasteiger partial charge < -0.3 is 5.32 Å². The molecule has 0 fully saturated rings. The number of rotatable bonds is 6. The van der Waals surface area contributed by atoms with Crippen LogP contribution in [0.1, 0.15) is 39.8 Å². The number of carbonyl (C=O) groups is 2. The maximum Gasteiger partial charge on any atom is 0.221 e. The number of anilines is 1. The molecule has 2 aromatic carbocycles. The highest BCUT2D eigenvalue weighted by molar-refractivity contribution is 6.07. The van der Waals surface area contributed by atoms with Crippen molar-refractivity contribution in [3.63, 3.8) is 0 Å². The van der Waals surface area contributed by atoms with E-state index in [1.165, 1.54) is 12.5 Å². The molecule has 28 heavy (non-hydrogen) atoms. The Kier molecular flexibility index (Phi) is 5.84. The molecule has 0 saturated carbocycles. The number of aryl methyl sites for hydroxylation is 1. The molecule has 5 heteroatoms. The molecule has 5 nitrogen and oxygen atoms in total. The minimum atomic E-state index is -0.169. The van der Waals surface area contributed by atoms with E-state index in [0.717, 1.165) is 17.0 Å². The van der Waals surface area contributed by atoms with E-state index in [-0.39, 0.29) is 11.7 Å². The maximum atomic E-state index is 12.5. The van der Waals surface area contributed by atoms with Crippen LogP contribution >= 0.6 is 0 Å². The molecule has 0 unspecified atom stereocenters. The van der Waals surface area contributed by atoms with Crippen LogP contribution in [0.25, 0.3) is 6.08 Å². The van der Waals surface area contributed by atoms with Gasteiger partial charge in [-0.2, -0.15) is 5.10 Å². The van der Waals surface area contributed by atoms with Crippen molar-refractivity contribution in [3.8, 4) is 0 Å². The van der Waals surface area contributed by atoms with Crippen LogP contribution in [-0.2, 0) is 11.3 Å². The molecule has 142 valence electrons. The lowest BCUT2D eigenvalue weighted by Crippen LogP contribution is -2.06. The Bertz CT molecular complexity index is 1030. The third-order valence-electron chi connectivity index (χ3n) is 4.48. The number of allylic oxidation sites excluding steroid dienone is 1. The lowest BCUT2D eigenvalue weighted by molar-refractivity contribution is -0.114. The second-order valence-electron chi connectivity index (χ2n) is 6.69. The monoisotopic (exact) mass is 373 g/mol.